The van der Waals surface area contributed by atoms with Crippen molar-refractivity contribution >= 4 is 28.6 Å². The number of pyridine rings is 2. The standard InChI is InChI=1S/C25H24N4O7/c1-6-36-25(32)16-13-15-21(26-19-9-7-8-10-29(19)24(15)31)28(2)22(16)27-23(30)14-11-17(33-3)20(35-5)18(12-14)34-4/h7-13H,6H2,1-5H3. The Bertz CT molecular complexity index is 1610. The van der Waals surface area contributed by atoms with Crippen molar-refractivity contribution in [2.24, 2.45) is 12.0 Å². The summed E-state index contributed by atoms with van der Waals surface area (Å²) in [5, 5.41) is 0.170. The van der Waals surface area contributed by atoms with Crippen molar-refractivity contribution in [2.75, 3.05) is 27.9 Å². The van der Waals surface area contributed by atoms with Gasteiger partial charge in [0.05, 0.1) is 33.3 Å². The van der Waals surface area contributed by atoms with Crippen molar-refractivity contribution in [3.05, 3.63) is 69.6 Å². The second-order valence-electron chi connectivity index (χ2n) is 7.58. The van der Waals surface area contributed by atoms with Gasteiger partial charge in [0, 0.05) is 18.8 Å². The van der Waals surface area contributed by atoms with Crippen LogP contribution in [0.3, 0.4) is 0 Å². The van der Waals surface area contributed by atoms with Crippen molar-refractivity contribution in [2.45, 2.75) is 6.92 Å². The molecule has 3 heterocycles. The predicted molar refractivity (Wildman–Crippen MR) is 130 cm³/mol. The molecule has 186 valence electrons. The summed E-state index contributed by atoms with van der Waals surface area (Å²) in [5.41, 5.74) is 0.326. The summed E-state index contributed by atoms with van der Waals surface area (Å²) in [5.74, 6) is -0.567. The Morgan fingerprint density at radius 3 is 2.33 bits per heavy atom. The second-order valence-corrected chi connectivity index (χ2v) is 7.58. The van der Waals surface area contributed by atoms with E-state index in [1.807, 2.05) is 0 Å². The van der Waals surface area contributed by atoms with E-state index in [9.17, 15) is 14.4 Å². The number of hydrogen-bond acceptors (Lipinski definition) is 8. The lowest BCUT2D eigenvalue weighted by Gasteiger charge is -2.13. The number of hydrogen-bond donors (Lipinski definition) is 0. The first kappa shape index (κ1) is 24.5. The van der Waals surface area contributed by atoms with E-state index in [4.69, 9.17) is 18.9 Å². The summed E-state index contributed by atoms with van der Waals surface area (Å²) in [6.45, 7) is 1.75. The Hall–Kier alpha value is -4.67. The molecule has 0 radical (unpaired) electrons. The fourth-order valence-electron chi connectivity index (χ4n) is 3.82. The average Bonchev–Trinajstić information content (AvgIpc) is 2.89. The predicted octanol–water partition coefficient (Wildman–Crippen LogP) is 2.13. The van der Waals surface area contributed by atoms with Crippen LogP contribution in [0.5, 0.6) is 17.2 Å². The third-order valence-electron chi connectivity index (χ3n) is 5.53. The van der Waals surface area contributed by atoms with Crippen molar-refractivity contribution in [3.8, 4) is 17.2 Å². The van der Waals surface area contributed by atoms with E-state index in [1.54, 1.807) is 38.4 Å². The fourth-order valence-corrected chi connectivity index (χ4v) is 3.82. The number of amides is 1. The quantitative estimate of drug-likeness (QED) is 0.296. The van der Waals surface area contributed by atoms with Crippen molar-refractivity contribution < 1.29 is 28.5 Å². The maximum absolute atomic E-state index is 13.3. The SMILES string of the molecule is CCOC(=O)c1cc2c(=O)n3ccccc3nc2n(C)c1=NC(=O)c1cc(OC)c(OC)c(OC)c1. The molecule has 0 aliphatic carbocycles. The van der Waals surface area contributed by atoms with Gasteiger partial charge in [-0.15, -0.1) is 0 Å². The number of nitrogens with zero attached hydrogens (tertiary/aromatic N) is 4. The van der Waals surface area contributed by atoms with Gasteiger partial charge in [0.1, 0.15) is 16.9 Å². The molecule has 0 aliphatic heterocycles. The number of fused-ring (bicyclic) bond motifs is 2. The van der Waals surface area contributed by atoms with Crippen LogP contribution in [0.1, 0.15) is 27.6 Å². The number of ether oxygens (including phenoxy) is 4. The molecule has 0 atom stereocenters. The highest BCUT2D eigenvalue weighted by Crippen LogP contribution is 2.38. The zero-order chi connectivity index (χ0) is 26.0. The van der Waals surface area contributed by atoms with Gasteiger partial charge in [0.25, 0.3) is 11.5 Å². The molecule has 0 unspecified atom stereocenters. The third-order valence-corrected chi connectivity index (χ3v) is 5.53. The van der Waals surface area contributed by atoms with Crippen LogP contribution in [0, 0.1) is 0 Å². The molecule has 0 N–H and O–H groups in total. The van der Waals surface area contributed by atoms with Crippen molar-refractivity contribution in [1.82, 2.24) is 14.0 Å². The number of benzene rings is 1. The summed E-state index contributed by atoms with van der Waals surface area (Å²) in [6, 6.07) is 9.39. The molecule has 0 fully saturated rings. The highest BCUT2D eigenvalue weighted by Gasteiger charge is 2.21. The highest BCUT2D eigenvalue weighted by atomic mass is 16.5. The average molecular weight is 492 g/mol. The third kappa shape index (κ3) is 4.15. The van der Waals surface area contributed by atoms with Crippen LogP contribution in [-0.2, 0) is 11.8 Å². The topological polar surface area (TPSA) is 123 Å². The second kappa shape index (κ2) is 9.90. The summed E-state index contributed by atoms with van der Waals surface area (Å²) < 4.78 is 23.9. The van der Waals surface area contributed by atoms with Crippen LogP contribution in [0.2, 0.25) is 0 Å². The molecule has 36 heavy (non-hydrogen) atoms. The lowest BCUT2D eigenvalue weighted by atomic mass is 10.1. The minimum Gasteiger partial charge on any atom is -0.493 e. The maximum Gasteiger partial charge on any atom is 0.341 e. The molecule has 11 heteroatoms. The van der Waals surface area contributed by atoms with E-state index in [1.165, 1.54) is 48.5 Å². The van der Waals surface area contributed by atoms with E-state index >= 15 is 0 Å². The lowest BCUT2D eigenvalue weighted by molar-refractivity contribution is 0.0523. The van der Waals surface area contributed by atoms with Crippen LogP contribution in [0.25, 0.3) is 16.7 Å². The summed E-state index contributed by atoms with van der Waals surface area (Å²) in [6.07, 6.45) is 1.58. The molecule has 1 amide bonds. The monoisotopic (exact) mass is 492 g/mol. The Kier molecular flexibility index (Phi) is 6.73. The van der Waals surface area contributed by atoms with E-state index < -0.39 is 11.9 Å². The number of carbonyl (C=O) groups is 2. The van der Waals surface area contributed by atoms with Crippen LogP contribution in [-0.4, -0.2) is 53.8 Å². The summed E-state index contributed by atoms with van der Waals surface area (Å²) >= 11 is 0. The smallest absolute Gasteiger partial charge is 0.341 e. The normalized spacial score (nSPS) is 11.5. The molecule has 4 rings (SSSR count). The maximum atomic E-state index is 13.3. The van der Waals surface area contributed by atoms with Gasteiger partial charge in [-0.2, -0.15) is 4.99 Å². The number of esters is 1. The van der Waals surface area contributed by atoms with Gasteiger partial charge in [-0.3, -0.25) is 14.0 Å². The van der Waals surface area contributed by atoms with Gasteiger partial charge >= 0.3 is 5.97 Å². The molecule has 3 aromatic heterocycles. The molecule has 1 aromatic carbocycles. The number of carbonyl (C=O) groups excluding carboxylic acids is 2. The van der Waals surface area contributed by atoms with E-state index in [-0.39, 0.29) is 51.3 Å². The number of rotatable bonds is 6. The van der Waals surface area contributed by atoms with Crippen LogP contribution >= 0.6 is 0 Å². The van der Waals surface area contributed by atoms with Gasteiger partial charge in [0.2, 0.25) is 5.75 Å². The van der Waals surface area contributed by atoms with Crippen molar-refractivity contribution in [1.29, 1.82) is 0 Å². The zero-order valence-corrected chi connectivity index (χ0v) is 20.4. The van der Waals surface area contributed by atoms with Gasteiger partial charge < -0.3 is 23.5 Å². The Balaban J connectivity index is 2.02. The van der Waals surface area contributed by atoms with Gasteiger partial charge in [-0.25, -0.2) is 9.78 Å². The molecule has 11 nitrogen and oxygen atoms in total. The van der Waals surface area contributed by atoms with Gasteiger partial charge in [-0.1, -0.05) is 6.07 Å². The van der Waals surface area contributed by atoms with Crippen LogP contribution < -0.4 is 25.3 Å². The Morgan fingerprint density at radius 2 is 1.72 bits per heavy atom. The first-order chi connectivity index (χ1) is 17.3. The number of aryl methyl sites for hydroxylation is 1. The van der Waals surface area contributed by atoms with E-state index in [0.29, 0.717) is 11.4 Å². The van der Waals surface area contributed by atoms with E-state index in [0.717, 1.165) is 0 Å². The number of aromatic nitrogens is 3. The first-order valence-electron chi connectivity index (χ1n) is 10.9. The highest BCUT2D eigenvalue weighted by molar-refractivity contribution is 5.98. The summed E-state index contributed by atoms with van der Waals surface area (Å²) in [7, 11) is 5.88. The summed E-state index contributed by atoms with van der Waals surface area (Å²) in [4.78, 5) is 48.0. The minimum absolute atomic E-state index is 0.0214. The van der Waals surface area contributed by atoms with Crippen LogP contribution in [0.15, 0.2) is 52.4 Å². The Labute approximate surface area is 205 Å². The fraction of sp³-hybridized carbons (Fsp3) is 0.240. The molecule has 0 saturated heterocycles. The largest absolute Gasteiger partial charge is 0.493 e. The molecule has 0 aliphatic rings. The molecule has 0 spiro atoms. The molecule has 0 bridgehead atoms. The molecular formula is C25H24N4O7. The van der Waals surface area contributed by atoms with Crippen molar-refractivity contribution in [3.63, 3.8) is 0 Å². The molecule has 4 aromatic rings. The molecular weight excluding hydrogens is 468 g/mol. The number of methoxy groups -OCH3 is 3. The Morgan fingerprint density at radius 1 is 1.03 bits per heavy atom. The van der Waals surface area contributed by atoms with Crippen LogP contribution in [0.4, 0.5) is 0 Å². The minimum atomic E-state index is -0.732. The lowest BCUT2D eigenvalue weighted by Crippen LogP contribution is -2.31. The van der Waals surface area contributed by atoms with E-state index in [2.05, 4.69) is 9.98 Å². The molecule has 0 saturated carbocycles. The van der Waals surface area contributed by atoms with Gasteiger partial charge in [0.15, 0.2) is 17.0 Å². The first-order valence-corrected chi connectivity index (χ1v) is 10.9. The van der Waals surface area contributed by atoms with Gasteiger partial charge in [-0.05, 0) is 37.3 Å². The zero-order valence-electron chi connectivity index (χ0n) is 20.4.